The minimum atomic E-state index is 0.331. The van der Waals surface area contributed by atoms with Gasteiger partial charge in [-0.2, -0.15) is 5.10 Å². The maximum Gasteiger partial charge on any atom is 0.0641 e. The van der Waals surface area contributed by atoms with E-state index in [1.807, 2.05) is 23.1 Å². The van der Waals surface area contributed by atoms with Gasteiger partial charge in [-0.05, 0) is 25.3 Å². The highest BCUT2D eigenvalue weighted by molar-refractivity contribution is 4.84. The molecule has 0 bridgehead atoms. The molecule has 0 unspecified atom stereocenters. The van der Waals surface area contributed by atoms with Crippen LogP contribution >= 0.6 is 0 Å². The van der Waals surface area contributed by atoms with E-state index < -0.39 is 0 Å². The van der Waals surface area contributed by atoms with E-state index in [1.165, 1.54) is 0 Å². The second kappa shape index (κ2) is 4.79. The summed E-state index contributed by atoms with van der Waals surface area (Å²) in [6.45, 7) is 12.1. The van der Waals surface area contributed by atoms with Crippen LogP contribution in [-0.2, 0) is 0 Å². The highest BCUT2D eigenvalue weighted by Crippen LogP contribution is 2.14. The predicted octanol–water partition coefficient (Wildman–Crippen LogP) is 2.47. The third-order valence-corrected chi connectivity index (χ3v) is 2.62. The SMILES string of the molecule is C[C@H](NCC(C)(C)C)[C@@H](C)n1cccn1. The summed E-state index contributed by atoms with van der Waals surface area (Å²) in [5, 5.41) is 7.81. The van der Waals surface area contributed by atoms with Gasteiger partial charge in [0.05, 0.1) is 6.04 Å². The lowest BCUT2D eigenvalue weighted by Crippen LogP contribution is -2.38. The highest BCUT2D eigenvalue weighted by Gasteiger charge is 2.17. The van der Waals surface area contributed by atoms with Crippen LogP contribution in [0.1, 0.15) is 40.7 Å². The normalized spacial score (nSPS) is 16.3. The van der Waals surface area contributed by atoms with E-state index >= 15 is 0 Å². The molecular weight excluding hydrogens is 186 g/mol. The quantitative estimate of drug-likeness (QED) is 0.825. The van der Waals surface area contributed by atoms with Crippen LogP contribution in [0, 0.1) is 5.41 Å². The lowest BCUT2D eigenvalue weighted by atomic mass is 9.96. The number of nitrogens with zero attached hydrogens (tertiary/aromatic N) is 2. The lowest BCUT2D eigenvalue weighted by Gasteiger charge is -2.26. The van der Waals surface area contributed by atoms with Gasteiger partial charge < -0.3 is 5.32 Å². The Labute approximate surface area is 92.9 Å². The molecule has 0 aliphatic carbocycles. The molecule has 0 spiro atoms. The third-order valence-electron chi connectivity index (χ3n) is 2.62. The summed E-state index contributed by atoms with van der Waals surface area (Å²) < 4.78 is 2.00. The van der Waals surface area contributed by atoms with Gasteiger partial charge in [0.15, 0.2) is 0 Å². The van der Waals surface area contributed by atoms with E-state index in [0.29, 0.717) is 17.5 Å². The Morgan fingerprint density at radius 2 is 2.00 bits per heavy atom. The molecule has 1 N–H and O–H groups in total. The Bertz CT molecular complexity index is 272. The summed E-state index contributed by atoms with van der Waals surface area (Å²) in [6.07, 6.45) is 3.84. The van der Waals surface area contributed by atoms with Crippen molar-refractivity contribution in [3.8, 4) is 0 Å². The summed E-state index contributed by atoms with van der Waals surface area (Å²) in [4.78, 5) is 0. The zero-order chi connectivity index (χ0) is 11.5. The Hall–Kier alpha value is -0.830. The number of aromatic nitrogens is 2. The first-order valence-corrected chi connectivity index (χ1v) is 5.63. The molecule has 2 atom stereocenters. The van der Waals surface area contributed by atoms with Crippen LogP contribution < -0.4 is 5.32 Å². The number of hydrogen-bond donors (Lipinski definition) is 1. The first kappa shape index (κ1) is 12.2. The van der Waals surface area contributed by atoms with Gasteiger partial charge in [-0.3, -0.25) is 4.68 Å². The second-order valence-electron chi connectivity index (χ2n) is 5.46. The van der Waals surface area contributed by atoms with Gasteiger partial charge >= 0.3 is 0 Å². The van der Waals surface area contributed by atoms with Crippen LogP contribution in [0.3, 0.4) is 0 Å². The van der Waals surface area contributed by atoms with Crippen molar-refractivity contribution in [3.63, 3.8) is 0 Å². The fourth-order valence-corrected chi connectivity index (χ4v) is 1.39. The average Bonchev–Trinajstić information content (AvgIpc) is 2.64. The van der Waals surface area contributed by atoms with Gasteiger partial charge in [0.2, 0.25) is 0 Å². The minimum Gasteiger partial charge on any atom is -0.312 e. The Kier molecular flexibility index (Phi) is 3.91. The topological polar surface area (TPSA) is 29.9 Å². The van der Waals surface area contributed by atoms with E-state index in [1.54, 1.807) is 0 Å². The van der Waals surface area contributed by atoms with Crippen LogP contribution in [0.15, 0.2) is 18.5 Å². The zero-order valence-electron chi connectivity index (χ0n) is 10.5. The fourth-order valence-electron chi connectivity index (χ4n) is 1.39. The molecule has 0 fully saturated rings. The first-order valence-electron chi connectivity index (χ1n) is 5.63. The molecule has 1 heterocycles. The van der Waals surface area contributed by atoms with Crippen molar-refractivity contribution < 1.29 is 0 Å². The Morgan fingerprint density at radius 3 is 2.47 bits per heavy atom. The molecule has 86 valence electrons. The first-order chi connectivity index (χ1) is 6.90. The van der Waals surface area contributed by atoms with Gasteiger partial charge in [0, 0.05) is 25.0 Å². The van der Waals surface area contributed by atoms with Crippen LogP contribution in [0.4, 0.5) is 0 Å². The van der Waals surface area contributed by atoms with E-state index in [-0.39, 0.29) is 0 Å². The monoisotopic (exact) mass is 209 g/mol. The molecule has 1 rings (SSSR count). The number of hydrogen-bond acceptors (Lipinski definition) is 2. The van der Waals surface area contributed by atoms with Crippen LogP contribution in [0.2, 0.25) is 0 Å². The zero-order valence-corrected chi connectivity index (χ0v) is 10.5. The molecular formula is C12H23N3. The molecule has 3 nitrogen and oxygen atoms in total. The molecule has 0 radical (unpaired) electrons. The Morgan fingerprint density at radius 1 is 1.33 bits per heavy atom. The van der Waals surface area contributed by atoms with Crippen LogP contribution in [0.25, 0.3) is 0 Å². The summed E-state index contributed by atoms with van der Waals surface area (Å²) in [5.41, 5.74) is 0.331. The molecule has 0 saturated carbocycles. The summed E-state index contributed by atoms with van der Waals surface area (Å²) >= 11 is 0. The van der Waals surface area contributed by atoms with E-state index in [4.69, 9.17) is 0 Å². The predicted molar refractivity (Wildman–Crippen MR) is 63.9 cm³/mol. The smallest absolute Gasteiger partial charge is 0.0641 e. The standard InChI is InChI=1S/C12H23N3/c1-10(13-9-12(3,4)5)11(2)15-8-6-7-14-15/h6-8,10-11,13H,9H2,1-5H3/t10-,11+/m0/s1. The van der Waals surface area contributed by atoms with Crippen molar-refractivity contribution in [2.45, 2.75) is 46.7 Å². The van der Waals surface area contributed by atoms with E-state index in [0.717, 1.165) is 6.54 Å². The van der Waals surface area contributed by atoms with Crippen LogP contribution in [-0.4, -0.2) is 22.4 Å². The maximum absolute atomic E-state index is 4.26. The third kappa shape index (κ3) is 4.04. The van der Waals surface area contributed by atoms with Gasteiger partial charge in [-0.1, -0.05) is 20.8 Å². The molecule has 15 heavy (non-hydrogen) atoms. The number of rotatable bonds is 4. The molecule has 3 heteroatoms. The summed E-state index contributed by atoms with van der Waals surface area (Å²) in [5.74, 6) is 0. The molecule has 0 saturated heterocycles. The average molecular weight is 209 g/mol. The molecule has 1 aromatic rings. The Balaban J connectivity index is 2.44. The summed E-state index contributed by atoms with van der Waals surface area (Å²) in [6, 6.07) is 2.79. The minimum absolute atomic E-state index is 0.331. The van der Waals surface area contributed by atoms with Crippen LogP contribution in [0.5, 0.6) is 0 Å². The van der Waals surface area contributed by atoms with E-state index in [9.17, 15) is 0 Å². The van der Waals surface area contributed by atoms with Gasteiger partial charge in [0.1, 0.15) is 0 Å². The lowest BCUT2D eigenvalue weighted by molar-refractivity contribution is 0.306. The van der Waals surface area contributed by atoms with Crippen molar-refractivity contribution in [3.05, 3.63) is 18.5 Å². The van der Waals surface area contributed by atoms with Crippen molar-refractivity contribution in [1.82, 2.24) is 15.1 Å². The molecule has 0 amide bonds. The molecule has 0 aliphatic heterocycles. The van der Waals surface area contributed by atoms with Crippen molar-refractivity contribution >= 4 is 0 Å². The van der Waals surface area contributed by atoms with Gasteiger partial charge in [-0.25, -0.2) is 0 Å². The van der Waals surface area contributed by atoms with Gasteiger partial charge in [0.25, 0.3) is 0 Å². The largest absolute Gasteiger partial charge is 0.312 e. The molecule has 0 aliphatic rings. The van der Waals surface area contributed by atoms with Crippen molar-refractivity contribution in [2.24, 2.45) is 5.41 Å². The second-order valence-corrected chi connectivity index (χ2v) is 5.46. The molecule has 0 aromatic carbocycles. The van der Waals surface area contributed by atoms with Crippen molar-refractivity contribution in [2.75, 3.05) is 6.54 Å². The number of nitrogens with one attached hydrogen (secondary N) is 1. The van der Waals surface area contributed by atoms with Crippen molar-refractivity contribution in [1.29, 1.82) is 0 Å². The van der Waals surface area contributed by atoms with Gasteiger partial charge in [-0.15, -0.1) is 0 Å². The van der Waals surface area contributed by atoms with E-state index in [2.05, 4.69) is 45.0 Å². The molecule has 1 aromatic heterocycles. The highest BCUT2D eigenvalue weighted by atomic mass is 15.3. The fraction of sp³-hybridized carbons (Fsp3) is 0.750. The summed E-state index contributed by atoms with van der Waals surface area (Å²) in [7, 11) is 0. The maximum atomic E-state index is 4.26.